The van der Waals surface area contributed by atoms with E-state index < -0.39 is 0 Å². The van der Waals surface area contributed by atoms with E-state index in [-0.39, 0.29) is 21.8 Å². The van der Waals surface area contributed by atoms with E-state index in [1.807, 2.05) is 42.5 Å². The predicted octanol–water partition coefficient (Wildman–Crippen LogP) is 4.66. The molecule has 0 spiro atoms. The van der Waals surface area contributed by atoms with Gasteiger partial charge in [0.2, 0.25) is 0 Å². The number of rotatable bonds is 7. The second-order valence-corrected chi connectivity index (χ2v) is 8.25. The molecule has 2 heterocycles. The minimum Gasteiger partial charge on any atom is -0.351 e. The maximum Gasteiger partial charge on any atom is 0.276 e. The van der Waals surface area contributed by atoms with E-state index in [0.717, 1.165) is 25.2 Å². The first-order chi connectivity index (χ1) is 16.1. The van der Waals surface area contributed by atoms with Crippen molar-refractivity contribution in [1.82, 2.24) is 20.2 Å². The third kappa shape index (κ3) is 6.02. The third-order valence-electron chi connectivity index (χ3n) is 5.78. The molecule has 1 fully saturated rings. The average molecular weight is 450 g/mol. The van der Waals surface area contributed by atoms with Gasteiger partial charge in [-0.05, 0) is 57.1 Å². The Balaban J connectivity index is 0.00000216. The van der Waals surface area contributed by atoms with Gasteiger partial charge in [0.1, 0.15) is 5.69 Å². The second kappa shape index (κ2) is 10.8. The minimum absolute atomic E-state index is 0. The molecule has 0 unspecified atom stereocenters. The van der Waals surface area contributed by atoms with E-state index >= 15 is 0 Å². The highest BCUT2D eigenvalue weighted by molar-refractivity contribution is 6.03. The summed E-state index contributed by atoms with van der Waals surface area (Å²) < 4.78 is 0. The highest BCUT2D eigenvalue weighted by Gasteiger charge is 2.16. The number of benzene rings is 2. The lowest BCUT2D eigenvalue weighted by atomic mass is 10.1. The number of hydrogen-bond donors (Lipinski definition) is 2. The maximum atomic E-state index is 12.8. The van der Waals surface area contributed by atoms with Crippen LogP contribution in [-0.4, -0.2) is 52.9 Å². The largest absolute Gasteiger partial charge is 0.351 e. The number of aryl methyl sites for hydroxylation is 1. The van der Waals surface area contributed by atoms with Crippen LogP contribution in [0.3, 0.4) is 0 Å². The van der Waals surface area contributed by atoms with Crippen LogP contribution in [0, 0.1) is 6.92 Å². The Labute approximate surface area is 198 Å². The van der Waals surface area contributed by atoms with Crippen LogP contribution in [0.5, 0.6) is 0 Å². The lowest BCUT2D eigenvalue weighted by molar-refractivity contribution is 0.0945. The molecular weight excluding hydrogens is 414 g/mol. The number of piperidine rings is 1. The quantitative estimate of drug-likeness (QED) is 0.548. The summed E-state index contributed by atoms with van der Waals surface area (Å²) in [6.07, 6.45) is 5.40. The summed E-state index contributed by atoms with van der Waals surface area (Å²) in [4.78, 5) is 36.7. The molecule has 2 N–H and O–H groups in total. The van der Waals surface area contributed by atoms with Gasteiger partial charge in [-0.2, -0.15) is 0 Å². The molecular formula is C26H35N5O2. The smallest absolute Gasteiger partial charge is 0.276 e. The van der Waals surface area contributed by atoms with Gasteiger partial charge in [0, 0.05) is 34.2 Å². The van der Waals surface area contributed by atoms with Gasteiger partial charge in [0.15, 0.2) is 0 Å². The van der Waals surface area contributed by atoms with Crippen LogP contribution in [0.2, 0.25) is 0 Å². The minimum atomic E-state index is -0.320. The molecule has 0 bridgehead atoms. The zero-order valence-electron chi connectivity index (χ0n) is 18.9. The number of amides is 2. The van der Waals surface area contributed by atoms with Crippen LogP contribution >= 0.6 is 0 Å². The van der Waals surface area contributed by atoms with Gasteiger partial charge in [-0.1, -0.05) is 36.8 Å². The molecule has 1 aromatic heterocycles. The number of likely N-dealkylation sites (tertiary alicyclic amines) is 1. The number of aromatic nitrogens is 2. The van der Waals surface area contributed by atoms with Crippen molar-refractivity contribution >= 4 is 17.5 Å². The number of nitrogens with one attached hydrogen (secondary N) is 2. The van der Waals surface area contributed by atoms with Crippen LogP contribution in [0.15, 0.2) is 60.8 Å². The van der Waals surface area contributed by atoms with E-state index in [1.165, 1.54) is 19.3 Å². The van der Waals surface area contributed by atoms with Gasteiger partial charge in [-0.15, -0.1) is 0 Å². The Hall–Kier alpha value is -3.58. The van der Waals surface area contributed by atoms with Crippen molar-refractivity contribution in [3.8, 4) is 11.3 Å². The topological polar surface area (TPSA) is 87.2 Å². The molecule has 0 saturated carbocycles. The summed E-state index contributed by atoms with van der Waals surface area (Å²) in [7, 11) is 0. The summed E-state index contributed by atoms with van der Waals surface area (Å²) in [5.74, 6) is -0.435. The first-order valence-electron chi connectivity index (χ1n) is 11.4. The monoisotopic (exact) mass is 449 g/mol. The first-order valence-corrected chi connectivity index (χ1v) is 11.4. The Kier molecular flexibility index (Phi) is 7.42. The average Bonchev–Trinajstić information content (AvgIpc) is 2.85. The molecule has 0 atom stereocenters. The summed E-state index contributed by atoms with van der Waals surface area (Å²) in [6.45, 7) is 5.46. The standard InChI is InChI=1S/C26H29N5O2.3H2/c1-19-24(26(33)29-22-11-4-2-5-12-22)30-23(18-28-19)20-9-8-10-21(17-20)25(32)27-13-16-31-14-6-3-7-15-31;;;/h2,4-5,8-12,17-18H,3,6-7,13-16H2,1H3,(H,27,32)(H,29,33);3*1H. The fourth-order valence-electron chi connectivity index (χ4n) is 3.95. The van der Waals surface area contributed by atoms with Crippen molar-refractivity contribution in [2.45, 2.75) is 26.2 Å². The molecule has 33 heavy (non-hydrogen) atoms. The Morgan fingerprint density at radius 3 is 2.58 bits per heavy atom. The van der Waals surface area contributed by atoms with Gasteiger partial charge >= 0.3 is 0 Å². The predicted molar refractivity (Wildman–Crippen MR) is 136 cm³/mol. The molecule has 7 nitrogen and oxygen atoms in total. The summed E-state index contributed by atoms with van der Waals surface area (Å²) >= 11 is 0. The van der Waals surface area contributed by atoms with E-state index in [1.54, 1.807) is 25.3 Å². The zero-order chi connectivity index (χ0) is 23.0. The van der Waals surface area contributed by atoms with Gasteiger partial charge in [0.25, 0.3) is 11.8 Å². The van der Waals surface area contributed by atoms with Crippen LogP contribution in [0.1, 0.15) is 50.1 Å². The van der Waals surface area contributed by atoms with E-state index in [4.69, 9.17) is 0 Å². The third-order valence-corrected chi connectivity index (χ3v) is 5.78. The molecule has 7 heteroatoms. The normalized spacial score (nSPS) is 14.0. The number of hydrogen-bond acceptors (Lipinski definition) is 5. The SMILES string of the molecule is Cc1ncc(-c2cccc(C(=O)NCCN3CCCCC3)c2)nc1C(=O)Nc1ccccc1.[HH].[HH].[HH]. The molecule has 1 saturated heterocycles. The lowest BCUT2D eigenvalue weighted by Crippen LogP contribution is -2.37. The van der Waals surface area contributed by atoms with Crippen molar-refractivity contribution in [3.05, 3.63) is 77.7 Å². The van der Waals surface area contributed by atoms with Gasteiger partial charge in [0.05, 0.1) is 17.6 Å². The fraction of sp³-hybridized carbons (Fsp3) is 0.308. The van der Waals surface area contributed by atoms with E-state index in [2.05, 4.69) is 25.5 Å². The molecule has 1 aliphatic rings. The molecule has 1 aliphatic heterocycles. The number of carbonyl (C=O) groups is 2. The molecule has 4 rings (SSSR count). The Morgan fingerprint density at radius 2 is 1.79 bits per heavy atom. The summed E-state index contributed by atoms with van der Waals surface area (Å²) in [5, 5.41) is 5.86. The van der Waals surface area contributed by atoms with Crippen molar-refractivity contribution in [3.63, 3.8) is 0 Å². The highest BCUT2D eigenvalue weighted by atomic mass is 16.2. The molecule has 2 amide bonds. The van der Waals surface area contributed by atoms with Crippen molar-refractivity contribution in [2.75, 3.05) is 31.5 Å². The van der Waals surface area contributed by atoms with E-state index in [0.29, 0.717) is 29.2 Å². The molecule has 176 valence electrons. The van der Waals surface area contributed by atoms with Gasteiger partial charge in [-0.25, -0.2) is 4.98 Å². The molecule has 3 aromatic rings. The van der Waals surface area contributed by atoms with Crippen molar-refractivity contribution in [2.24, 2.45) is 0 Å². The number of carbonyl (C=O) groups excluding carboxylic acids is 2. The van der Waals surface area contributed by atoms with Crippen molar-refractivity contribution < 1.29 is 13.9 Å². The number of anilines is 1. The molecule has 2 aromatic carbocycles. The zero-order valence-corrected chi connectivity index (χ0v) is 18.9. The van der Waals surface area contributed by atoms with Gasteiger partial charge in [-0.3, -0.25) is 14.6 Å². The maximum absolute atomic E-state index is 12.8. The summed E-state index contributed by atoms with van der Waals surface area (Å²) in [5.41, 5.74) is 3.33. The van der Waals surface area contributed by atoms with Crippen molar-refractivity contribution in [1.29, 1.82) is 0 Å². The first kappa shape index (κ1) is 22.6. The second-order valence-electron chi connectivity index (χ2n) is 8.25. The fourth-order valence-corrected chi connectivity index (χ4v) is 3.95. The van der Waals surface area contributed by atoms with Crippen LogP contribution in [0.4, 0.5) is 5.69 Å². The summed E-state index contributed by atoms with van der Waals surface area (Å²) in [6, 6.07) is 16.5. The molecule has 0 aliphatic carbocycles. The lowest BCUT2D eigenvalue weighted by Gasteiger charge is -2.26. The van der Waals surface area contributed by atoms with Crippen LogP contribution in [0.25, 0.3) is 11.3 Å². The number of para-hydroxylation sites is 1. The molecule has 0 radical (unpaired) electrons. The van der Waals surface area contributed by atoms with Gasteiger partial charge < -0.3 is 15.5 Å². The Bertz CT molecular complexity index is 1130. The number of nitrogens with zero attached hydrogens (tertiary/aromatic N) is 3. The van der Waals surface area contributed by atoms with Crippen LogP contribution in [-0.2, 0) is 0 Å². The van der Waals surface area contributed by atoms with E-state index in [9.17, 15) is 9.59 Å². The highest BCUT2D eigenvalue weighted by Crippen LogP contribution is 2.20. The van der Waals surface area contributed by atoms with Crippen LogP contribution < -0.4 is 10.6 Å². The Morgan fingerprint density at radius 1 is 1.00 bits per heavy atom.